The number of hydrogen-bond acceptors (Lipinski definition) is 2. The lowest BCUT2D eigenvalue weighted by Crippen LogP contribution is -2.56. The summed E-state index contributed by atoms with van der Waals surface area (Å²) >= 11 is 0. The maximum atomic E-state index is 10.8. The maximum Gasteiger partial charge on any atom is 0.0594 e. The number of fused-ring (bicyclic) bond motifs is 2. The maximum absolute atomic E-state index is 10.8. The van der Waals surface area contributed by atoms with Crippen molar-refractivity contribution in [1.29, 1.82) is 0 Å². The molecule has 0 radical (unpaired) electrons. The van der Waals surface area contributed by atoms with E-state index >= 15 is 0 Å². The molecule has 2 nitrogen and oxygen atoms in total. The molecule has 4 aliphatic rings. The predicted molar refractivity (Wildman–Crippen MR) is 134 cm³/mol. The summed E-state index contributed by atoms with van der Waals surface area (Å²) in [6.45, 7) is 23.4. The highest BCUT2D eigenvalue weighted by Crippen LogP contribution is 2.64. The number of allylic oxidation sites excluding steroid dienone is 2. The molecule has 0 aromatic carbocycles. The topological polar surface area (TPSA) is 40.5 Å². The fraction of sp³-hybridized carbons (Fsp3) is 0.867. The molecule has 2 N–H and O–H groups in total. The van der Waals surface area contributed by atoms with Gasteiger partial charge in [-0.1, -0.05) is 65.8 Å². The highest BCUT2D eigenvalue weighted by Gasteiger charge is 2.58. The van der Waals surface area contributed by atoms with E-state index in [9.17, 15) is 10.2 Å². The first-order chi connectivity index (χ1) is 14.8. The summed E-state index contributed by atoms with van der Waals surface area (Å²) < 4.78 is 0. The third-order valence-electron chi connectivity index (χ3n) is 11.8. The van der Waals surface area contributed by atoms with E-state index in [4.69, 9.17) is 0 Å². The summed E-state index contributed by atoms with van der Waals surface area (Å²) in [5, 5.41) is 21.6. The molecule has 8 atom stereocenters. The van der Waals surface area contributed by atoms with Crippen LogP contribution < -0.4 is 0 Å². The zero-order chi connectivity index (χ0) is 23.7. The molecule has 4 aliphatic carbocycles. The van der Waals surface area contributed by atoms with Crippen molar-refractivity contribution >= 4 is 0 Å². The van der Waals surface area contributed by atoms with Crippen molar-refractivity contribution in [2.45, 2.75) is 118 Å². The molecular formula is C30H50O2. The molecule has 0 spiro atoms. The Labute approximate surface area is 198 Å². The molecule has 0 bridgehead atoms. The Morgan fingerprint density at radius 3 is 1.34 bits per heavy atom. The lowest BCUT2D eigenvalue weighted by atomic mass is 9.44. The lowest BCUT2D eigenvalue weighted by Gasteiger charge is -2.61. The molecule has 4 saturated carbocycles. The Hall–Kier alpha value is -0.600. The van der Waals surface area contributed by atoms with Gasteiger partial charge in [-0.15, -0.1) is 0 Å². The number of aliphatic hydroxyl groups excluding tert-OH is 2. The van der Waals surface area contributed by atoms with Gasteiger partial charge in [-0.25, -0.2) is 0 Å². The molecule has 4 fully saturated rings. The van der Waals surface area contributed by atoms with Crippen molar-refractivity contribution in [1.82, 2.24) is 0 Å². The van der Waals surface area contributed by atoms with Gasteiger partial charge in [0.1, 0.15) is 0 Å². The minimum Gasteiger partial charge on any atom is -0.393 e. The molecular weight excluding hydrogens is 392 g/mol. The van der Waals surface area contributed by atoms with E-state index in [0.717, 1.165) is 38.5 Å². The van der Waals surface area contributed by atoms with Gasteiger partial charge in [0.15, 0.2) is 0 Å². The van der Waals surface area contributed by atoms with E-state index in [1.807, 2.05) is 0 Å². The van der Waals surface area contributed by atoms with Crippen molar-refractivity contribution < 1.29 is 10.2 Å². The molecule has 0 aromatic rings. The third-order valence-corrected chi connectivity index (χ3v) is 11.8. The van der Waals surface area contributed by atoms with Gasteiger partial charge in [-0.05, 0) is 110 Å². The summed E-state index contributed by atoms with van der Waals surface area (Å²) in [6, 6.07) is 0. The van der Waals surface area contributed by atoms with Crippen LogP contribution in [0.25, 0.3) is 0 Å². The van der Waals surface area contributed by atoms with Crippen LogP contribution in [-0.4, -0.2) is 22.4 Å². The van der Waals surface area contributed by atoms with E-state index in [2.05, 4.69) is 54.7 Å². The van der Waals surface area contributed by atoms with Crippen molar-refractivity contribution in [3.8, 4) is 0 Å². The minimum atomic E-state index is -0.179. The van der Waals surface area contributed by atoms with Crippen LogP contribution in [0.3, 0.4) is 0 Å². The fourth-order valence-electron chi connectivity index (χ4n) is 9.73. The van der Waals surface area contributed by atoms with Gasteiger partial charge in [-0.3, -0.25) is 0 Å². The molecule has 4 rings (SSSR count). The van der Waals surface area contributed by atoms with Gasteiger partial charge >= 0.3 is 0 Å². The second-order valence-electron chi connectivity index (χ2n) is 13.9. The van der Waals surface area contributed by atoms with Gasteiger partial charge in [0.2, 0.25) is 0 Å². The molecule has 0 saturated heterocycles. The van der Waals surface area contributed by atoms with Crippen molar-refractivity contribution in [3.63, 3.8) is 0 Å². The van der Waals surface area contributed by atoms with Crippen LogP contribution >= 0.6 is 0 Å². The molecule has 2 heteroatoms. The summed E-state index contributed by atoms with van der Waals surface area (Å²) in [6.07, 6.45) is 10.7. The second-order valence-corrected chi connectivity index (χ2v) is 13.9. The Bertz CT molecular complexity index is 699. The first-order valence-electron chi connectivity index (χ1n) is 13.5. The van der Waals surface area contributed by atoms with Crippen LogP contribution in [0.2, 0.25) is 0 Å². The summed E-state index contributed by atoms with van der Waals surface area (Å²) in [5.74, 6) is 2.23. The van der Waals surface area contributed by atoms with Gasteiger partial charge in [-0.2, -0.15) is 0 Å². The Balaban J connectivity index is 1.57. The van der Waals surface area contributed by atoms with Crippen LogP contribution in [0.15, 0.2) is 24.3 Å². The monoisotopic (exact) mass is 442 g/mol. The normalized spacial score (nSPS) is 48.1. The summed E-state index contributed by atoms with van der Waals surface area (Å²) in [7, 11) is 0. The SMILES string of the molecule is C=C1CC[C@H]2C(C)(C)C(O)CC[C@]2(C)[C@H]1CC[C@H]1C(=C)CC[C@H]2C(C)(C)[C@@H](O)CC[C@]12C. The fourth-order valence-corrected chi connectivity index (χ4v) is 9.73. The van der Waals surface area contributed by atoms with Crippen LogP contribution in [0.4, 0.5) is 0 Å². The molecule has 0 heterocycles. The predicted octanol–water partition coefficient (Wildman–Crippen LogP) is 7.31. The van der Waals surface area contributed by atoms with E-state index in [0.29, 0.717) is 23.7 Å². The lowest BCUT2D eigenvalue weighted by molar-refractivity contribution is -0.134. The smallest absolute Gasteiger partial charge is 0.0594 e. The van der Waals surface area contributed by atoms with Gasteiger partial charge in [0.05, 0.1) is 12.2 Å². The zero-order valence-corrected chi connectivity index (χ0v) is 21.8. The first-order valence-corrected chi connectivity index (χ1v) is 13.5. The standard InChI is InChI=1S/C30H50O2/c1-19-9-13-23-27(3,4)25(31)15-17-29(23,7)21(19)11-12-22-20(2)10-14-24-28(5,6)26(32)16-18-30(22,24)8/h21-26,31-32H,1-2,9-18H2,3-8H3/t21-,22-,23-,24-,25-,26?,29+,30+/m0/s1. The largest absolute Gasteiger partial charge is 0.393 e. The Morgan fingerprint density at radius 2 is 1.00 bits per heavy atom. The van der Waals surface area contributed by atoms with E-state index < -0.39 is 0 Å². The van der Waals surface area contributed by atoms with Crippen LogP contribution in [0.5, 0.6) is 0 Å². The Kier molecular flexibility index (Phi) is 6.11. The molecule has 32 heavy (non-hydrogen) atoms. The molecule has 0 aliphatic heterocycles. The summed E-state index contributed by atoms with van der Waals surface area (Å²) in [5.41, 5.74) is 3.38. The van der Waals surface area contributed by atoms with Gasteiger partial charge in [0.25, 0.3) is 0 Å². The van der Waals surface area contributed by atoms with E-state index in [1.165, 1.54) is 36.8 Å². The number of hydrogen-bond donors (Lipinski definition) is 2. The van der Waals surface area contributed by atoms with E-state index in [-0.39, 0.29) is 33.9 Å². The Morgan fingerprint density at radius 1 is 0.656 bits per heavy atom. The van der Waals surface area contributed by atoms with E-state index in [1.54, 1.807) is 0 Å². The number of aliphatic hydroxyl groups is 2. The number of rotatable bonds is 3. The van der Waals surface area contributed by atoms with Crippen molar-refractivity contribution in [3.05, 3.63) is 24.3 Å². The highest BCUT2D eigenvalue weighted by atomic mass is 16.3. The average molecular weight is 443 g/mol. The van der Waals surface area contributed by atoms with Crippen molar-refractivity contribution in [2.24, 2.45) is 45.3 Å². The average Bonchev–Trinajstić information content (AvgIpc) is 2.69. The van der Waals surface area contributed by atoms with Crippen LogP contribution in [0.1, 0.15) is 106 Å². The second kappa shape index (κ2) is 7.98. The zero-order valence-electron chi connectivity index (χ0n) is 21.8. The molecule has 1 unspecified atom stereocenters. The van der Waals surface area contributed by atoms with Crippen LogP contribution in [-0.2, 0) is 0 Å². The molecule has 182 valence electrons. The molecule has 0 aromatic heterocycles. The third kappa shape index (κ3) is 3.49. The quantitative estimate of drug-likeness (QED) is 0.450. The summed E-state index contributed by atoms with van der Waals surface area (Å²) in [4.78, 5) is 0. The first kappa shape index (κ1) is 24.5. The van der Waals surface area contributed by atoms with Gasteiger partial charge in [0, 0.05) is 0 Å². The highest BCUT2D eigenvalue weighted by molar-refractivity contribution is 5.20. The minimum absolute atomic E-state index is 0.0129. The van der Waals surface area contributed by atoms with Crippen LogP contribution in [0, 0.1) is 45.3 Å². The molecule has 0 amide bonds. The van der Waals surface area contributed by atoms with Gasteiger partial charge < -0.3 is 10.2 Å². The van der Waals surface area contributed by atoms with Crippen molar-refractivity contribution in [2.75, 3.05) is 0 Å².